The molecule has 0 radical (unpaired) electrons. The van der Waals surface area contributed by atoms with E-state index in [9.17, 15) is 4.79 Å². The molecule has 0 aliphatic carbocycles. The number of unbranched alkanes of at least 4 members (excludes halogenated alkanes) is 3. The van der Waals surface area contributed by atoms with E-state index >= 15 is 0 Å². The number of benzene rings is 1. The van der Waals surface area contributed by atoms with Gasteiger partial charge in [-0.1, -0.05) is 43.7 Å². The van der Waals surface area contributed by atoms with E-state index in [2.05, 4.69) is 12.8 Å². The van der Waals surface area contributed by atoms with Crippen LogP contribution >= 0.6 is 11.6 Å². The van der Waals surface area contributed by atoms with E-state index in [0.717, 1.165) is 25.7 Å². The van der Waals surface area contributed by atoms with Gasteiger partial charge in [-0.2, -0.15) is 0 Å². The normalized spacial score (nSPS) is 9.74. The van der Waals surface area contributed by atoms with Gasteiger partial charge in [0, 0.05) is 5.02 Å². The highest BCUT2D eigenvalue weighted by Crippen LogP contribution is 2.22. The van der Waals surface area contributed by atoms with Crippen LogP contribution < -0.4 is 4.74 Å². The standard InChI is InChI=1S/C15H17ClO3/c1-3-5-6-7-10-18-15(17)19-14-9-8-13(16)11-12(14)4-2/h2,8-9,11H,3,5-7,10H2,1H3. The van der Waals surface area contributed by atoms with E-state index in [1.54, 1.807) is 18.2 Å². The maximum atomic E-state index is 11.5. The summed E-state index contributed by atoms with van der Waals surface area (Å²) >= 11 is 5.80. The third-order valence-corrected chi connectivity index (χ3v) is 2.74. The molecular formula is C15H17ClO3. The number of hydrogen-bond donors (Lipinski definition) is 0. The summed E-state index contributed by atoms with van der Waals surface area (Å²) in [6, 6.07) is 4.72. The maximum absolute atomic E-state index is 11.5. The summed E-state index contributed by atoms with van der Waals surface area (Å²) in [7, 11) is 0. The van der Waals surface area contributed by atoms with Gasteiger partial charge in [0.05, 0.1) is 12.2 Å². The molecule has 0 N–H and O–H groups in total. The average molecular weight is 281 g/mol. The molecule has 3 nitrogen and oxygen atoms in total. The molecule has 0 saturated carbocycles. The number of rotatable bonds is 6. The number of carbonyl (C=O) groups excluding carboxylic acids is 1. The summed E-state index contributed by atoms with van der Waals surface area (Å²) in [4.78, 5) is 11.5. The molecule has 1 rings (SSSR count). The van der Waals surface area contributed by atoms with Crippen molar-refractivity contribution in [2.24, 2.45) is 0 Å². The SMILES string of the molecule is C#Cc1cc(Cl)ccc1OC(=O)OCCCCCC. The number of ether oxygens (including phenoxy) is 2. The van der Waals surface area contributed by atoms with Crippen molar-refractivity contribution >= 4 is 17.8 Å². The predicted octanol–water partition coefficient (Wildman–Crippen LogP) is 4.42. The third-order valence-electron chi connectivity index (χ3n) is 2.51. The van der Waals surface area contributed by atoms with E-state index in [1.807, 2.05) is 0 Å². The van der Waals surface area contributed by atoms with Crippen LogP contribution in [0.1, 0.15) is 38.2 Å². The topological polar surface area (TPSA) is 35.5 Å². The fourth-order valence-electron chi connectivity index (χ4n) is 1.51. The minimum atomic E-state index is -0.740. The zero-order valence-corrected chi connectivity index (χ0v) is 11.7. The van der Waals surface area contributed by atoms with E-state index in [0.29, 0.717) is 17.2 Å². The fourth-order valence-corrected chi connectivity index (χ4v) is 1.68. The van der Waals surface area contributed by atoms with Gasteiger partial charge in [0.25, 0.3) is 0 Å². The Morgan fingerprint density at radius 2 is 2.16 bits per heavy atom. The average Bonchev–Trinajstić information content (AvgIpc) is 2.40. The summed E-state index contributed by atoms with van der Waals surface area (Å²) in [6.45, 7) is 2.48. The number of terminal acetylenes is 1. The summed E-state index contributed by atoms with van der Waals surface area (Å²) < 4.78 is 10.00. The van der Waals surface area contributed by atoms with Crippen molar-refractivity contribution in [3.05, 3.63) is 28.8 Å². The highest BCUT2D eigenvalue weighted by molar-refractivity contribution is 6.30. The lowest BCUT2D eigenvalue weighted by Crippen LogP contribution is -2.12. The third kappa shape index (κ3) is 5.67. The molecule has 0 amide bonds. The van der Waals surface area contributed by atoms with Gasteiger partial charge in [-0.05, 0) is 24.6 Å². The van der Waals surface area contributed by atoms with E-state index in [1.165, 1.54) is 0 Å². The Kier molecular flexibility index (Phi) is 6.84. The monoisotopic (exact) mass is 280 g/mol. The van der Waals surface area contributed by atoms with Gasteiger partial charge in [-0.25, -0.2) is 4.79 Å². The zero-order valence-electron chi connectivity index (χ0n) is 10.9. The lowest BCUT2D eigenvalue weighted by atomic mass is 10.2. The Morgan fingerprint density at radius 3 is 2.84 bits per heavy atom. The van der Waals surface area contributed by atoms with Crippen LogP contribution in [0.15, 0.2) is 18.2 Å². The second kappa shape index (κ2) is 8.44. The van der Waals surface area contributed by atoms with Gasteiger partial charge in [-0.15, -0.1) is 6.42 Å². The summed E-state index contributed by atoms with van der Waals surface area (Å²) in [6.07, 6.45) is 8.73. The van der Waals surface area contributed by atoms with Crippen LogP contribution in [0.2, 0.25) is 5.02 Å². The molecule has 0 aliphatic heterocycles. The van der Waals surface area contributed by atoms with Gasteiger partial charge in [0.2, 0.25) is 0 Å². The minimum Gasteiger partial charge on any atom is -0.434 e. The summed E-state index contributed by atoms with van der Waals surface area (Å²) in [5, 5.41) is 0.494. The Labute approximate surface area is 118 Å². The smallest absolute Gasteiger partial charge is 0.434 e. The quantitative estimate of drug-likeness (QED) is 0.335. The van der Waals surface area contributed by atoms with Crippen LogP contribution in [-0.2, 0) is 4.74 Å². The molecule has 1 aromatic carbocycles. The predicted molar refractivity (Wildman–Crippen MR) is 75.5 cm³/mol. The molecule has 19 heavy (non-hydrogen) atoms. The first-order valence-electron chi connectivity index (χ1n) is 6.28. The number of halogens is 1. The zero-order chi connectivity index (χ0) is 14.1. The Balaban J connectivity index is 2.42. The Hall–Kier alpha value is -1.66. The largest absolute Gasteiger partial charge is 0.513 e. The second-order valence-electron chi connectivity index (χ2n) is 4.05. The van der Waals surface area contributed by atoms with Crippen LogP contribution in [0.5, 0.6) is 5.75 Å². The molecule has 0 fully saturated rings. The fraction of sp³-hybridized carbons (Fsp3) is 0.400. The van der Waals surface area contributed by atoms with Crippen molar-refractivity contribution in [1.29, 1.82) is 0 Å². The first kappa shape index (κ1) is 15.4. The number of hydrogen-bond acceptors (Lipinski definition) is 3. The first-order chi connectivity index (χ1) is 9.17. The molecule has 0 aliphatic rings. The van der Waals surface area contributed by atoms with Crippen LogP contribution in [0.3, 0.4) is 0 Å². The molecule has 0 aromatic heterocycles. The molecule has 0 heterocycles. The van der Waals surface area contributed by atoms with Crippen molar-refractivity contribution in [2.45, 2.75) is 32.6 Å². The van der Waals surface area contributed by atoms with Crippen molar-refractivity contribution in [2.75, 3.05) is 6.61 Å². The van der Waals surface area contributed by atoms with Gasteiger partial charge in [0.1, 0.15) is 5.75 Å². The van der Waals surface area contributed by atoms with Crippen LogP contribution in [0.4, 0.5) is 4.79 Å². The first-order valence-corrected chi connectivity index (χ1v) is 6.66. The molecule has 102 valence electrons. The van der Waals surface area contributed by atoms with E-state index in [-0.39, 0.29) is 5.75 Å². The molecule has 0 bridgehead atoms. The van der Waals surface area contributed by atoms with Crippen molar-refractivity contribution < 1.29 is 14.3 Å². The van der Waals surface area contributed by atoms with E-state index < -0.39 is 6.16 Å². The van der Waals surface area contributed by atoms with Gasteiger partial charge in [0.15, 0.2) is 0 Å². The highest BCUT2D eigenvalue weighted by Gasteiger charge is 2.09. The van der Waals surface area contributed by atoms with Gasteiger partial charge >= 0.3 is 6.16 Å². The van der Waals surface area contributed by atoms with Gasteiger partial charge < -0.3 is 9.47 Å². The van der Waals surface area contributed by atoms with Crippen molar-refractivity contribution in [3.8, 4) is 18.1 Å². The van der Waals surface area contributed by atoms with Gasteiger partial charge in [-0.3, -0.25) is 0 Å². The summed E-state index contributed by atoms with van der Waals surface area (Å²) in [5.74, 6) is 2.69. The lowest BCUT2D eigenvalue weighted by Gasteiger charge is -2.07. The lowest BCUT2D eigenvalue weighted by molar-refractivity contribution is 0.0972. The van der Waals surface area contributed by atoms with Crippen LogP contribution in [-0.4, -0.2) is 12.8 Å². The molecule has 0 spiro atoms. The summed E-state index contributed by atoms with van der Waals surface area (Å²) in [5.41, 5.74) is 0.426. The van der Waals surface area contributed by atoms with Crippen molar-refractivity contribution in [3.63, 3.8) is 0 Å². The molecule has 0 atom stereocenters. The Morgan fingerprint density at radius 1 is 1.37 bits per heavy atom. The molecule has 4 heteroatoms. The second-order valence-corrected chi connectivity index (χ2v) is 4.48. The molecular weight excluding hydrogens is 264 g/mol. The van der Waals surface area contributed by atoms with Crippen LogP contribution in [0, 0.1) is 12.3 Å². The number of carbonyl (C=O) groups is 1. The molecule has 0 saturated heterocycles. The van der Waals surface area contributed by atoms with Crippen molar-refractivity contribution in [1.82, 2.24) is 0 Å². The molecule has 1 aromatic rings. The minimum absolute atomic E-state index is 0.283. The van der Waals surface area contributed by atoms with E-state index in [4.69, 9.17) is 27.5 Å². The molecule has 0 unspecified atom stereocenters. The van der Waals surface area contributed by atoms with Crippen LogP contribution in [0.25, 0.3) is 0 Å². The highest BCUT2D eigenvalue weighted by atomic mass is 35.5. The maximum Gasteiger partial charge on any atom is 0.513 e. The Bertz CT molecular complexity index is 463.